The first-order chi connectivity index (χ1) is 20.0. The number of fused-ring (bicyclic) bond motifs is 1. The molecular weight excluding hydrogens is 627 g/mol. The van der Waals surface area contributed by atoms with E-state index in [1.54, 1.807) is 0 Å². The summed E-state index contributed by atoms with van der Waals surface area (Å²) in [6.07, 6.45) is -11.4. The van der Waals surface area contributed by atoms with E-state index >= 15 is 0 Å². The van der Waals surface area contributed by atoms with Crippen LogP contribution in [-0.4, -0.2) is 97.9 Å². The number of aryl methyl sites for hydroxylation is 2. The number of pyridine rings is 1. The first-order valence-electron chi connectivity index (χ1n) is 12.2. The zero-order valence-corrected chi connectivity index (χ0v) is 22.9. The number of alkyl halides is 9. The number of halogens is 9. The van der Waals surface area contributed by atoms with Gasteiger partial charge >= 0.3 is 36.4 Å². The minimum atomic E-state index is -5.08. The molecule has 11 nitrogen and oxygen atoms in total. The highest BCUT2D eigenvalue weighted by atomic mass is 19.4. The number of carbonyl (C=O) groups is 3. The van der Waals surface area contributed by atoms with Gasteiger partial charge in [0.1, 0.15) is 5.76 Å². The van der Waals surface area contributed by atoms with Gasteiger partial charge in [-0.15, -0.1) is 0 Å². The molecule has 0 aliphatic carbocycles. The predicted molar refractivity (Wildman–Crippen MR) is 129 cm³/mol. The van der Waals surface area contributed by atoms with E-state index in [4.69, 9.17) is 34.2 Å². The summed E-state index contributed by atoms with van der Waals surface area (Å²) < 4.78 is 101. The van der Waals surface area contributed by atoms with Crippen LogP contribution in [0, 0.1) is 25.7 Å². The smallest absolute Gasteiger partial charge is 0.475 e. The normalized spacial score (nSPS) is 18.5. The Morgan fingerprint density at radius 1 is 0.795 bits per heavy atom. The Labute approximate surface area is 242 Å². The Balaban J connectivity index is 0.000000379. The Hall–Kier alpha value is -3.94. The Bertz CT molecular complexity index is 1140. The van der Waals surface area contributed by atoms with Crippen LogP contribution in [0.5, 0.6) is 0 Å². The van der Waals surface area contributed by atoms with Crippen molar-refractivity contribution in [3.05, 3.63) is 47.1 Å². The molecule has 2 aliphatic rings. The van der Waals surface area contributed by atoms with E-state index in [2.05, 4.69) is 26.0 Å². The van der Waals surface area contributed by atoms with Gasteiger partial charge in [-0.2, -0.15) is 39.5 Å². The molecule has 0 saturated carbocycles. The van der Waals surface area contributed by atoms with Gasteiger partial charge in [-0.3, -0.25) is 14.8 Å². The highest BCUT2D eigenvalue weighted by Gasteiger charge is 2.41. The van der Waals surface area contributed by atoms with Crippen molar-refractivity contribution in [2.75, 3.05) is 26.2 Å². The second-order valence-corrected chi connectivity index (χ2v) is 9.48. The van der Waals surface area contributed by atoms with Gasteiger partial charge in [-0.1, -0.05) is 11.2 Å². The second-order valence-electron chi connectivity index (χ2n) is 9.48. The van der Waals surface area contributed by atoms with E-state index in [1.165, 1.54) is 37.3 Å². The number of carboxylic acids is 3. The molecule has 2 aromatic heterocycles. The zero-order valence-electron chi connectivity index (χ0n) is 22.9. The average molecular weight is 654 g/mol. The number of carboxylic acid groups (broad SMARTS) is 3. The van der Waals surface area contributed by atoms with Gasteiger partial charge in [-0.05, 0) is 37.3 Å². The van der Waals surface area contributed by atoms with Gasteiger partial charge in [0.2, 0.25) is 0 Å². The first-order valence-corrected chi connectivity index (χ1v) is 12.2. The lowest BCUT2D eigenvalue weighted by Gasteiger charge is -2.21. The molecule has 2 saturated heterocycles. The zero-order chi connectivity index (χ0) is 34.0. The van der Waals surface area contributed by atoms with E-state index in [0.717, 1.165) is 36.4 Å². The van der Waals surface area contributed by atoms with Crippen molar-refractivity contribution in [2.24, 2.45) is 11.8 Å². The molecule has 0 unspecified atom stereocenters. The summed E-state index contributed by atoms with van der Waals surface area (Å²) in [5.41, 5.74) is 3.63. The molecule has 2 aromatic rings. The monoisotopic (exact) mass is 654 g/mol. The quantitative estimate of drug-likeness (QED) is 0.407. The van der Waals surface area contributed by atoms with E-state index in [9.17, 15) is 39.5 Å². The minimum Gasteiger partial charge on any atom is -0.475 e. The van der Waals surface area contributed by atoms with Crippen LogP contribution >= 0.6 is 0 Å². The molecule has 0 amide bonds. The number of hydrogen-bond donors (Lipinski definition) is 3. The van der Waals surface area contributed by atoms with Crippen LogP contribution in [0.2, 0.25) is 0 Å². The number of rotatable bonds is 4. The maximum absolute atomic E-state index is 10.6. The van der Waals surface area contributed by atoms with Crippen molar-refractivity contribution in [1.82, 2.24) is 19.9 Å². The highest BCUT2D eigenvalue weighted by Crippen LogP contribution is 2.33. The number of hydrogen-bond acceptors (Lipinski definition) is 8. The van der Waals surface area contributed by atoms with Crippen molar-refractivity contribution in [1.29, 1.82) is 0 Å². The summed E-state index contributed by atoms with van der Waals surface area (Å²) in [7, 11) is 0. The standard InChI is InChI=1S/C18H24N4O.3C2HF3O2/c1-13-18(14(2)23-20-13)12-22-10-16-8-21(9-17(16)11-22)7-15-4-3-5-19-6-15;3*3-2(4,5)1(6)7/h3-6,16-17H,7-12H2,1-2H3;3*(H,6,7)/t16-,17+;;;. The van der Waals surface area contributed by atoms with Crippen LogP contribution in [0.15, 0.2) is 29.0 Å². The molecule has 2 aliphatic heterocycles. The number of likely N-dealkylation sites (tertiary alicyclic amines) is 2. The molecule has 2 atom stereocenters. The molecule has 4 rings (SSSR count). The SMILES string of the molecule is Cc1noc(C)c1CN1C[C@H]2CN(Cc3cccnc3)C[C@H]2C1.O=C(O)C(F)(F)F.O=C(O)C(F)(F)F.O=C(O)C(F)(F)F. The minimum absolute atomic E-state index is 0.798. The van der Waals surface area contributed by atoms with E-state index < -0.39 is 36.4 Å². The third kappa shape index (κ3) is 13.1. The summed E-state index contributed by atoms with van der Waals surface area (Å²) >= 11 is 0. The molecule has 0 bridgehead atoms. The van der Waals surface area contributed by atoms with Crippen molar-refractivity contribution in [2.45, 2.75) is 45.5 Å². The van der Waals surface area contributed by atoms with Crippen molar-refractivity contribution < 1.29 is 73.7 Å². The fourth-order valence-corrected chi connectivity index (χ4v) is 4.15. The van der Waals surface area contributed by atoms with Crippen LogP contribution in [-0.2, 0) is 27.5 Å². The Kier molecular flexibility index (Phi) is 13.6. The maximum Gasteiger partial charge on any atom is 0.490 e. The summed E-state index contributed by atoms with van der Waals surface area (Å²) in [6, 6.07) is 4.20. The lowest BCUT2D eigenvalue weighted by molar-refractivity contribution is -0.193. The molecule has 20 heteroatoms. The average Bonchev–Trinajstić information content (AvgIpc) is 3.53. The molecule has 44 heavy (non-hydrogen) atoms. The van der Waals surface area contributed by atoms with E-state index in [1.807, 2.05) is 32.3 Å². The molecule has 0 radical (unpaired) electrons. The van der Waals surface area contributed by atoms with Crippen molar-refractivity contribution in [3.8, 4) is 0 Å². The summed E-state index contributed by atoms with van der Waals surface area (Å²) in [5, 5.41) is 25.4. The third-order valence-corrected chi connectivity index (χ3v) is 6.06. The molecule has 0 spiro atoms. The third-order valence-electron chi connectivity index (χ3n) is 6.06. The van der Waals surface area contributed by atoms with Crippen LogP contribution in [0.25, 0.3) is 0 Å². The van der Waals surface area contributed by atoms with Gasteiger partial charge in [0, 0.05) is 57.2 Å². The van der Waals surface area contributed by atoms with Gasteiger partial charge in [0.15, 0.2) is 0 Å². The van der Waals surface area contributed by atoms with Crippen LogP contribution < -0.4 is 0 Å². The van der Waals surface area contributed by atoms with E-state index in [-0.39, 0.29) is 0 Å². The second kappa shape index (κ2) is 15.7. The number of aliphatic carboxylic acids is 3. The fourth-order valence-electron chi connectivity index (χ4n) is 4.15. The Morgan fingerprint density at radius 2 is 1.18 bits per heavy atom. The van der Waals surface area contributed by atoms with Gasteiger partial charge in [-0.25, -0.2) is 14.4 Å². The topological polar surface area (TPSA) is 157 Å². The van der Waals surface area contributed by atoms with Crippen LogP contribution in [0.4, 0.5) is 39.5 Å². The lowest BCUT2D eigenvalue weighted by Crippen LogP contribution is -2.28. The number of aromatic nitrogens is 2. The van der Waals surface area contributed by atoms with Crippen LogP contribution in [0.1, 0.15) is 22.6 Å². The summed E-state index contributed by atoms with van der Waals surface area (Å²) in [6.45, 7) is 10.9. The van der Waals surface area contributed by atoms with Crippen LogP contribution in [0.3, 0.4) is 0 Å². The fraction of sp³-hybridized carbons (Fsp3) is 0.542. The van der Waals surface area contributed by atoms with Gasteiger partial charge in [0.05, 0.1) is 5.69 Å². The van der Waals surface area contributed by atoms with Gasteiger partial charge < -0.3 is 19.8 Å². The highest BCUT2D eigenvalue weighted by molar-refractivity contribution is 5.73. The largest absolute Gasteiger partial charge is 0.490 e. The maximum atomic E-state index is 10.6. The van der Waals surface area contributed by atoms with E-state index in [0.29, 0.717) is 0 Å². The summed E-state index contributed by atoms with van der Waals surface area (Å²) in [4.78, 5) is 36.1. The van der Waals surface area contributed by atoms with Crippen molar-refractivity contribution in [3.63, 3.8) is 0 Å². The van der Waals surface area contributed by atoms with Gasteiger partial charge in [0.25, 0.3) is 0 Å². The first kappa shape index (κ1) is 38.1. The molecular formula is C24H27F9N4O7. The molecule has 0 aromatic carbocycles. The molecule has 4 heterocycles. The molecule has 3 N–H and O–H groups in total. The molecule has 2 fully saturated rings. The Morgan fingerprint density at radius 3 is 1.48 bits per heavy atom. The molecule has 248 valence electrons. The van der Waals surface area contributed by atoms with Crippen molar-refractivity contribution >= 4 is 17.9 Å². The number of nitrogens with zero attached hydrogens (tertiary/aromatic N) is 4. The lowest BCUT2D eigenvalue weighted by atomic mass is 10.0. The predicted octanol–water partition coefficient (Wildman–Crippen LogP) is 4.15. The summed E-state index contributed by atoms with van der Waals surface area (Å²) in [5.74, 6) is -5.70.